The van der Waals surface area contributed by atoms with Crippen molar-refractivity contribution in [3.8, 4) is 10.8 Å². The van der Waals surface area contributed by atoms with Crippen LogP contribution in [-0.4, -0.2) is 21.6 Å². The average Bonchev–Trinajstić information content (AvgIpc) is 3.18. The number of rotatable bonds is 5. The van der Waals surface area contributed by atoms with E-state index in [0.29, 0.717) is 16.1 Å². The molecular weight excluding hydrogens is 332 g/mol. The van der Waals surface area contributed by atoms with Crippen molar-refractivity contribution in [3.05, 3.63) is 57.9 Å². The molecule has 0 aliphatic carbocycles. The quantitative estimate of drug-likeness (QED) is 0.685. The number of nitrogens with zero attached hydrogens (tertiary/aromatic N) is 2. The van der Waals surface area contributed by atoms with Gasteiger partial charge in [-0.15, -0.1) is 16.4 Å². The minimum absolute atomic E-state index is 0.184. The van der Waals surface area contributed by atoms with Gasteiger partial charge in [0.25, 0.3) is 5.89 Å². The van der Waals surface area contributed by atoms with Crippen molar-refractivity contribution >= 4 is 28.8 Å². The zero-order valence-corrected chi connectivity index (χ0v) is 13.1. The number of Topliss-reactive ketones (excluding diaryl/α,β-unsaturated/α-hetero) is 1. The first kappa shape index (κ1) is 15.7. The fourth-order valence-corrected chi connectivity index (χ4v) is 2.66. The van der Waals surface area contributed by atoms with Crippen LogP contribution < -0.4 is 16.8 Å². The Morgan fingerprint density at radius 1 is 1.25 bits per heavy atom. The Morgan fingerprint density at radius 2 is 2.00 bits per heavy atom. The molecule has 24 heavy (non-hydrogen) atoms. The summed E-state index contributed by atoms with van der Waals surface area (Å²) < 4.78 is 6.03. The van der Waals surface area contributed by atoms with E-state index in [0.717, 1.165) is 4.68 Å². The van der Waals surface area contributed by atoms with Crippen LogP contribution in [0.15, 0.2) is 51.0 Å². The molecule has 2 aromatic heterocycles. The van der Waals surface area contributed by atoms with Gasteiger partial charge in [-0.05, 0) is 35.7 Å². The highest BCUT2D eigenvalue weighted by Gasteiger charge is 2.15. The highest BCUT2D eigenvalue weighted by Crippen LogP contribution is 2.21. The Bertz CT molecular complexity index is 925. The summed E-state index contributed by atoms with van der Waals surface area (Å²) in [7, 11) is 0. The van der Waals surface area contributed by atoms with Crippen LogP contribution >= 0.6 is 11.3 Å². The van der Waals surface area contributed by atoms with Crippen LogP contribution in [0, 0.1) is 0 Å². The normalized spacial score (nSPS) is 10.5. The molecule has 0 saturated heterocycles. The third-order valence-corrected chi connectivity index (χ3v) is 3.96. The van der Waals surface area contributed by atoms with Gasteiger partial charge < -0.3 is 15.5 Å². The van der Waals surface area contributed by atoms with Crippen molar-refractivity contribution < 1.29 is 14.0 Å². The molecule has 0 unspecified atom stereocenters. The highest BCUT2D eigenvalue weighted by atomic mass is 32.1. The summed E-state index contributed by atoms with van der Waals surface area (Å²) in [5.41, 5.74) is 5.85. The number of urea groups is 1. The number of hydrogen-bond acceptors (Lipinski definition) is 6. The Labute approximate surface area is 139 Å². The molecule has 0 saturated carbocycles. The van der Waals surface area contributed by atoms with Crippen LogP contribution in [0.5, 0.6) is 0 Å². The van der Waals surface area contributed by atoms with Gasteiger partial charge in [-0.25, -0.2) is 9.59 Å². The molecule has 3 N–H and O–H groups in total. The van der Waals surface area contributed by atoms with Crippen molar-refractivity contribution in [1.82, 2.24) is 9.78 Å². The number of benzene rings is 1. The molecule has 1 aromatic carbocycles. The number of carbonyl (C=O) groups is 2. The van der Waals surface area contributed by atoms with E-state index in [9.17, 15) is 14.4 Å². The first-order valence-electron chi connectivity index (χ1n) is 6.84. The number of carbonyl (C=O) groups excluding carboxylic acids is 2. The minimum Gasteiger partial charge on any atom is -0.387 e. The molecule has 3 rings (SSSR count). The minimum atomic E-state index is -0.696. The van der Waals surface area contributed by atoms with E-state index in [1.54, 1.807) is 18.2 Å². The van der Waals surface area contributed by atoms with Gasteiger partial charge in [0.15, 0.2) is 5.78 Å². The van der Waals surface area contributed by atoms with Gasteiger partial charge in [0.05, 0.1) is 4.88 Å². The molecule has 9 heteroatoms. The van der Waals surface area contributed by atoms with Gasteiger partial charge >= 0.3 is 11.8 Å². The molecule has 0 aliphatic rings. The van der Waals surface area contributed by atoms with Crippen molar-refractivity contribution in [1.29, 1.82) is 0 Å². The van der Waals surface area contributed by atoms with Crippen LogP contribution in [0.25, 0.3) is 10.8 Å². The molecule has 8 nitrogen and oxygen atoms in total. The van der Waals surface area contributed by atoms with Gasteiger partial charge in [-0.3, -0.25) is 4.79 Å². The fraction of sp³-hybridized carbons (Fsp3) is 0.0667. The summed E-state index contributed by atoms with van der Waals surface area (Å²) in [6.07, 6.45) is 0. The van der Waals surface area contributed by atoms with Crippen molar-refractivity contribution in [3.63, 3.8) is 0 Å². The second-order valence-corrected chi connectivity index (χ2v) is 5.75. The summed E-state index contributed by atoms with van der Waals surface area (Å²) >= 11 is 1.38. The molecule has 122 valence electrons. The molecule has 2 heterocycles. The number of ketones is 1. The average molecular weight is 344 g/mol. The number of aromatic nitrogens is 2. The molecule has 0 bridgehead atoms. The summed E-state index contributed by atoms with van der Waals surface area (Å²) in [6.45, 7) is -0.240. The molecule has 0 aliphatic heterocycles. The second kappa shape index (κ2) is 6.50. The van der Waals surface area contributed by atoms with Crippen LogP contribution in [0.3, 0.4) is 0 Å². The van der Waals surface area contributed by atoms with Gasteiger partial charge in [0.2, 0.25) is 0 Å². The third-order valence-electron chi connectivity index (χ3n) is 3.11. The molecule has 0 radical (unpaired) electrons. The lowest BCUT2D eigenvalue weighted by Gasteiger charge is -2.03. The Morgan fingerprint density at radius 3 is 2.62 bits per heavy atom. The van der Waals surface area contributed by atoms with E-state index >= 15 is 0 Å². The summed E-state index contributed by atoms with van der Waals surface area (Å²) in [6, 6.07) is 9.03. The van der Waals surface area contributed by atoms with Crippen LogP contribution in [0.1, 0.15) is 10.4 Å². The first-order chi connectivity index (χ1) is 11.5. The lowest BCUT2D eigenvalue weighted by atomic mass is 10.1. The lowest BCUT2D eigenvalue weighted by molar-refractivity contribution is 0.0965. The fourth-order valence-electron chi connectivity index (χ4n) is 2.02. The second-order valence-electron chi connectivity index (χ2n) is 4.80. The monoisotopic (exact) mass is 344 g/mol. The standard InChI is InChI=1S/C15H12N4O4S/c16-14(21)17-10-5-3-9(4-6-10)11(20)8-19-15(22)23-13(18-19)12-2-1-7-24-12/h1-7H,8H2,(H3,16,17,21). The van der Waals surface area contributed by atoms with Gasteiger partial charge in [-0.2, -0.15) is 4.68 Å². The number of hydrogen-bond donors (Lipinski definition) is 2. The number of primary amides is 1. The van der Waals surface area contributed by atoms with E-state index < -0.39 is 11.8 Å². The van der Waals surface area contributed by atoms with Crippen LogP contribution in [0.4, 0.5) is 10.5 Å². The maximum absolute atomic E-state index is 12.2. The first-order valence-corrected chi connectivity index (χ1v) is 7.72. The van der Waals surface area contributed by atoms with Crippen molar-refractivity contribution in [2.24, 2.45) is 5.73 Å². The smallest absolute Gasteiger partial charge is 0.387 e. The number of nitrogens with two attached hydrogens (primary N) is 1. The van der Waals surface area contributed by atoms with E-state index in [1.807, 2.05) is 11.4 Å². The van der Waals surface area contributed by atoms with Crippen LogP contribution in [-0.2, 0) is 6.54 Å². The maximum atomic E-state index is 12.2. The summed E-state index contributed by atoms with van der Waals surface area (Å²) in [5, 5.41) is 8.26. The third kappa shape index (κ3) is 3.41. The SMILES string of the molecule is NC(=O)Nc1ccc(C(=O)Cn2nc(-c3cccs3)oc2=O)cc1. The molecule has 0 spiro atoms. The van der Waals surface area contributed by atoms with Crippen molar-refractivity contribution in [2.45, 2.75) is 6.54 Å². The zero-order valence-electron chi connectivity index (χ0n) is 12.3. The largest absolute Gasteiger partial charge is 0.437 e. The van der Waals surface area contributed by atoms with Gasteiger partial charge in [0, 0.05) is 11.3 Å². The van der Waals surface area contributed by atoms with E-state index in [-0.39, 0.29) is 18.2 Å². The van der Waals surface area contributed by atoms with Gasteiger partial charge in [0.1, 0.15) is 6.54 Å². The van der Waals surface area contributed by atoms with Crippen molar-refractivity contribution in [2.75, 3.05) is 5.32 Å². The number of anilines is 1. The predicted octanol–water partition coefficient (Wildman–Crippen LogP) is 1.94. The summed E-state index contributed by atoms with van der Waals surface area (Å²) in [4.78, 5) is 35.5. The van der Waals surface area contributed by atoms with E-state index in [1.165, 1.54) is 23.5 Å². The number of thiophene rings is 1. The van der Waals surface area contributed by atoms with Gasteiger partial charge in [-0.1, -0.05) is 6.07 Å². The van der Waals surface area contributed by atoms with E-state index in [4.69, 9.17) is 10.2 Å². The number of amides is 2. The maximum Gasteiger partial charge on any atom is 0.437 e. The molecule has 0 fully saturated rings. The van der Waals surface area contributed by atoms with Crippen LogP contribution in [0.2, 0.25) is 0 Å². The molecular formula is C15H12N4O4S. The molecule has 0 atom stereocenters. The topological polar surface area (TPSA) is 120 Å². The lowest BCUT2D eigenvalue weighted by Crippen LogP contribution is -2.22. The molecule has 3 aromatic rings. The Hall–Kier alpha value is -3.20. The summed E-state index contributed by atoms with van der Waals surface area (Å²) in [5.74, 6) is -0.823. The Kier molecular flexibility index (Phi) is 4.25. The zero-order chi connectivity index (χ0) is 17.1. The highest BCUT2D eigenvalue weighted by molar-refractivity contribution is 7.13. The number of nitrogens with one attached hydrogen (secondary N) is 1. The predicted molar refractivity (Wildman–Crippen MR) is 88.1 cm³/mol. The van der Waals surface area contributed by atoms with E-state index in [2.05, 4.69) is 10.4 Å². The Balaban J connectivity index is 1.75. The molecule has 2 amide bonds.